The lowest BCUT2D eigenvalue weighted by molar-refractivity contribution is -0.0160. The highest BCUT2D eigenvalue weighted by atomic mass is 28.4. The molecule has 0 aromatic carbocycles. The number of rotatable bonds is 6. The molecular formula is C21H40O2Si. The monoisotopic (exact) mass is 352 g/mol. The standard InChI is InChI=1S/C21H40O2Si/c1-14(2)24(15(3)4,16(5)6)23-20-10-8-9-18-12-11-17(7)19(13-22)21(18)20/h11-12,14-22H,8-10,13H2,1-7H3/t17-,18-,19+,20-,21-/m0/s1. The van der Waals surface area contributed by atoms with Gasteiger partial charge in [0.25, 0.3) is 0 Å². The van der Waals surface area contributed by atoms with Crippen molar-refractivity contribution >= 4 is 8.32 Å². The molecule has 0 aliphatic heterocycles. The number of fused-ring (bicyclic) bond motifs is 1. The van der Waals surface area contributed by atoms with Crippen LogP contribution in [0.5, 0.6) is 0 Å². The molecule has 0 bridgehead atoms. The van der Waals surface area contributed by atoms with E-state index < -0.39 is 8.32 Å². The minimum Gasteiger partial charge on any atom is -0.413 e. The Labute approximate surface area is 151 Å². The molecule has 3 heteroatoms. The molecule has 0 amide bonds. The summed E-state index contributed by atoms with van der Waals surface area (Å²) in [7, 11) is -1.86. The van der Waals surface area contributed by atoms with Gasteiger partial charge in [-0.05, 0) is 53.1 Å². The minimum absolute atomic E-state index is 0.298. The molecule has 1 saturated carbocycles. The SMILES string of the molecule is CC(C)[Si](O[C@H]1CCC[C@H]2C=C[C@H](C)[C@@H](CO)[C@H]21)(C(C)C)C(C)C. The fourth-order valence-corrected chi connectivity index (χ4v) is 11.6. The van der Waals surface area contributed by atoms with Crippen LogP contribution in [0.4, 0.5) is 0 Å². The normalized spacial score (nSPS) is 34.2. The summed E-state index contributed by atoms with van der Waals surface area (Å²) in [6.45, 7) is 16.8. The molecule has 0 aromatic heterocycles. The van der Waals surface area contributed by atoms with Gasteiger partial charge in [0, 0.05) is 12.7 Å². The molecular weight excluding hydrogens is 312 g/mol. The highest BCUT2D eigenvalue weighted by Gasteiger charge is 2.50. The molecule has 1 N–H and O–H groups in total. The number of hydrogen-bond acceptors (Lipinski definition) is 2. The fourth-order valence-electron chi connectivity index (χ4n) is 5.94. The van der Waals surface area contributed by atoms with Gasteiger partial charge in [0.1, 0.15) is 0 Å². The fraction of sp³-hybridized carbons (Fsp3) is 0.905. The lowest BCUT2D eigenvalue weighted by Gasteiger charge is -2.51. The molecule has 5 atom stereocenters. The average molecular weight is 353 g/mol. The second-order valence-electron chi connectivity index (χ2n) is 9.24. The van der Waals surface area contributed by atoms with Crippen LogP contribution in [0.1, 0.15) is 67.7 Å². The van der Waals surface area contributed by atoms with Gasteiger partial charge in [0.2, 0.25) is 8.32 Å². The Balaban J connectivity index is 2.33. The van der Waals surface area contributed by atoms with Crippen LogP contribution in [0.3, 0.4) is 0 Å². The molecule has 0 spiro atoms. The first kappa shape index (κ1) is 20.2. The van der Waals surface area contributed by atoms with Crippen LogP contribution in [0.25, 0.3) is 0 Å². The van der Waals surface area contributed by atoms with E-state index in [2.05, 4.69) is 60.6 Å². The molecule has 0 radical (unpaired) electrons. The van der Waals surface area contributed by atoms with Gasteiger partial charge in [-0.15, -0.1) is 0 Å². The van der Waals surface area contributed by atoms with Crippen molar-refractivity contribution in [3.63, 3.8) is 0 Å². The summed E-state index contributed by atoms with van der Waals surface area (Å²) in [4.78, 5) is 0. The van der Waals surface area contributed by atoms with Gasteiger partial charge < -0.3 is 9.53 Å². The zero-order valence-electron chi connectivity index (χ0n) is 17.0. The maximum atomic E-state index is 10.1. The Morgan fingerprint density at radius 2 is 1.58 bits per heavy atom. The van der Waals surface area contributed by atoms with Gasteiger partial charge in [-0.2, -0.15) is 0 Å². The second kappa shape index (κ2) is 8.05. The van der Waals surface area contributed by atoms with Crippen LogP contribution in [-0.2, 0) is 4.43 Å². The molecule has 2 aliphatic carbocycles. The molecule has 140 valence electrons. The van der Waals surface area contributed by atoms with Gasteiger partial charge in [-0.25, -0.2) is 0 Å². The minimum atomic E-state index is -1.86. The maximum absolute atomic E-state index is 10.1. The van der Waals surface area contributed by atoms with E-state index in [1.165, 1.54) is 19.3 Å². The van der Waals surface area contributed by atoms with Gasteiger partial charge in [-0.3, -0.25) is 0 Å². The third-order valence-corrected chi connectivity index (χ3v) is 13.2. The zero-order valence-corrected chi connectivity index (χ0v) is 18.0. The largest absolute Gasteiger partial charge is 0.413 e. The van der Waals surface area contributed by atoms with Gasteiger partial charge in [0.15, 0.2) is 0 Å². The molecule has 0 saturated heterocycles. The third kappa shape index (κ3) is 3.54. The summed E-state index contributed by atoms with van der Waals surface area (Å²) in [5, 5.41) is 10.1. The smallest absolute Gasteiger partial charge is 0.200 e. The quantitative estimate of drug-likeness (QED) is 0.485. The summed E-state index contributed by atoms with van der Waals surface area (Å²) in [6.07, 6.45) is 8.82. The Morgan fingerprint density at radius 3 is 2.08 bits per heavy atom. The van der Waals surface area contributed by atoms with Crippen LogP contribution >= 0.6 is 0 Å². The van der Waals surface area contributed by atoms with Crippen molar-refractivity contribution in [2.45, 2.75) is 90.5 Å². The van der Waals surface area contributed by atoms with Crippen molar-refractivity contribution in [3.8, 4) is 0 Å². The van der Waals surface area contributed by atoms with Crippen molar-refractivity contribution < 1.29 is 9.53 Å². The van der Waals surface area contributed by atoms with E-state index in [0.29, 0.717) is 53.0 Å². The number of hydrogen-bond donors (Lipinski definition) is 1. The van der Waals surface area contributed by atoms with Gasteiger partial charge in [-0.1, -0.05) is 67.0 Å². The third-order valence-electron chi connectivity index (χ3n) is 7.05. The molecule has 1 fully saturated rings. The Hall–Kier alpha value is -0.123. The van der Waals surface area contributed by atoms with Crippen LogP contribution in [0.15, 0.2) is 12.2 Å². The first-order valence-electron chi connectivity index (χ1n) is 10.2. The summed E-state index contributed by atoms with van der Waals surface area (Å²) in [6, 6.07) is 0. The highest BCUT2D eigenvalue weighted by molar-refractivity contribution is 6.77. The van der Waals surface area contributed by atoms with E-state index >= 15 is 0 Å². The Bertz CT molecular complexity index is 408. The van der Waals surface area contributed by atoms with Crippen molar-refractivity contribution in [1.29, 1.82) is 0 Å². The van der Waals surface area contributed by atoms with E-state index in [1.807, 2.05) is 0 Å². The van der Waals surface area contributed by atoms with Crippen molar-refractivity contribution in [1.82, 2.24) is 0 Å². The first-order valence-corrected chi connectivity index (χ1v) is 12.4. The number of allylic oxidation sites excluding steroid dienone is 2. The molecule has 0 unspecified atom stereocenters. The number of aliphatic hydroxyl groups excluding tert-OH is 1. The van der Waals surface area contributed by atoms with E-state index in [-0.39, 0.29) is 0 Å². The van der Waals surface area contributed by atoms with Crippen LogP contribution in [-0.4, -0.2) is 26.1 Å². The van der Waals surface area contributed by atoms with Crippen LogP contribution in [0.2, 0.25) is 16.6 Å². The lowest BCUT2D eigenvalue weighted by atomic mass is 9.64. The van der Waals surface area contributed by atoms with Crippen molar-refractivity contribution in [2.24, 2.45) is 23.7 Å². The summed E-state index contributed by atoms with van der Waals surface area (Å²) in [5.41, 5.74) is 1.88. The molecule has 2 aliphatic rings. The summed E-state index contributed by atoms with van der Waals surface area (Å²) < 4.78 is 7.21. The van der Waals surface area contributed by atoms with E-state index in [1.54, 1.807) is 0 Å². The molecule has 24 heavy (non-hydrogen) atoms. The maximum Gasteiger partial charge on any atom is 0.200 e. The first-order chi connectivity index (χ1) is 11.3. The van der Waals surface area contributed by atoms with Crippen LogP contribution in [0, 0.1) is 23.7 Å². The topological polar surface area (TPSA) is 29.5 Å². The average Bonchev–Trinajstić information content (AvgIpc) is 2.51. The summed E-state index contributed by atoms with van der Waals surface area (Å²) in [5.74, 6) is 1.94. The predicted octanol–water partition coefficient (Wildman–Crippen LogP) is 5.78. The van der Waals surface area contributed by atoms with Crippen molar-refractivity contribution in [2.75, 3.05) is 6.61 Å². The summed E-state index contributed by atoms with van der Waals surface area (Å²) >= 11 is 0. The lowest BCUT2D eigenvalue weighted by Crippen LogP contribution is -2.54. The highest BCUT2D eigenvalue weighted by Crippen LogP contribution is 2.49. The van der Waals surface area contributed by atoms with Gasteiger partial charge in [0.05, 0.1) is 0 Å². The van der Waals surface area contributed by atoms with E-state index in [0.717, 1.165) is 0 Å². The molecule has 0 aromatic rings. The Morgan fingerprint density at radius 1 is 1.00 bits per heavy atom. The molecule has 2 nitrogen and oxygen atoms in total. The molecule has 0 heterocycles. The number of aliphatic hydroxyl groups is 1. The predicted molar refractivity (Wildman–Crippen MR) is 106 cm³/mol. The zero-order chi connectivity index (χ0) is 18.1. The Kier molecular flexibility index (Phi) is 6.77. The second-order valence-corrected chi connectivity index (χ2v) is 14.6. The van der Waals surface area contributed by atoms with E-state index in [4.69, 9.17) is 4.43 Å². The van der Waals surface area contributed by atoms with Crippen molar-refractivity contribution in [3.05, 3.63) is 12.2 Å². The van der Waals surface area contributed by atoms with E-state index in [9.17, 15) is 5.11 Å². The molecule has 2 rings (SSSR count). The van der Waals surface area contributed by atoms with Crippen LogP contribution < -0.4 is 0 Å². The van der Waals surface area contributed by atoms with Gasteiger partial charge >= 0.3 is 0 Å².